The number of hydrogen-bond acceptors (Lipinski definition) is 4. The van der Waals surface area contributed by atoms with Gasteiger partial charge in [0.05, 0.1) is 10.6 Å². The van der Waals surface area contributed by atoms with Crippen molar-refractivity contribution in [3.8, 4) is 0 Å². The SMILES string of the molecule is CCC(C(=O)NC)N(Cc1ccc(Cl)cc1)C(=O)CN(c1cccc(C)c1)S(=O)(=O)c1ccc(Cl)cc1. The Balaban J connectivity index is 2.05. The standard InChI is InChI=1S/C27H29Cl2N3O4S/c1-4-25(27(34)30-3)31(17-20-8-10-21(28)11-9-20)26(33)18-32(23-7-5-6-19(2)16-23)37(35,36)24-14-12-22(29)13-15-24/h5-16,25H,4,17-18H2,1-3H3,(H,30,34). The molecule has 37 heavy (non-hydrogen) atoms. The molecule has 3 rings (SSSR count). The summed E-state index contributed by atoms with van der Waals surface area (Å²) >= 11 is 12.0. The van der Waals surface area contributed by atoms with Crippen molar-refractivity contribution in [3.05, 3.63) is 94.0 Å². The summed E-state index contributed by atoms with van der Waals surface area (Å²) in [6.07, 6.45) is 0.341. The lowest BCUT2D eigenvalue weighted by atomic mass is 10.1. The van der Waals surface area contributed by atoms with Crippen molar-refractivity contribution in [1.29, 1.82) is 0 Å². The van der Waals surface area contributed by atoms with Crippen LogP contribution in [-0.4, -0.2) is 44.8 Å². The summed E-state index contributed by atoms with van der Waals surface area (Å²) < 4.78 is 28.6. The Kier molecular flexibility index (Phi) is 9.59. The summed E-state index contributed by atoms with van der Waals surface area (Å²) in [6.45, 7) is 3.23. The minimum absolute atomic E-state index is 0.00574. The number of carbonyl (C=O) groups is 2. The molecule has 0 fully saturated rings. The summed E-state index contributed by atoms with van der Waals surface area (Å²) in [5, 5.41) is 3.53. The van der Waals surface area contributed by atoms with Gasteiger partial charge in [-0.25, -0.2) is 8.42 Å². The van der Waals surface area contributed by atoms with E-state index in [2.05, 4.69) is 5.32 Å². The van der Waals surface area contributed by atoms with Crippen LogP contribution in [0.4, 0.5) is 5.69 Å². The van der Waals surface area contributed by atoms with Crippen LogP contribution >= 0.6 is 23.2 Å². The van der Waals surface area contributed by atoms with Crippen molar-refractivity contribution in [2.45, 2.75) is 37.8 Å². The molecule has 7 nitrogen and oxygen atoms in total. The highest BCUT2D eigenvalue weighted by Crippen LogP contribution is 2.26. The van der Waals surface area contributed by atoms with Crippen molar-refractivity contribution in [2.24, 2.45) is 0 Å². The second kappa shape index (κ2) is 12.4. The van der Waals surface area contributed by atoms with Crippen LogP contribution in [-0.2, 0) is 26.2 Å². The third-order valence-corrected chi connectivity index (χ3v) is 8.16. The van der Waals surface area contributed by atoms with Crippen molar-refractivity contribution < 1.29 is 18.0 Å². The first-order valence-electron chi connectivity index (χ1n) is 11.7. The number of nitrogens with one attached hydrogen (secondary N) is 1. The molecule has 1 unspecified atom stereocenters. The Bertz CT molecular complexity index is 1350. The lowest BCUT2D eigenvalue weighted by Gasteiger charge is -2.33. The fourth-order valence-electron chi connectivity index (χ4n) is 3.92. The molecule has 0 aromatic heterocycles. The van der Waals surface area contributed by atoms with E-state index in [0.29, 0.717) is 22.2 Å². The predicted octanol–water partition coefficient (Wildman–Crippen LogP) is 5.05. The first-order valence-corrected chi connectivity index (χ1v) is 13.9. The summed E-state index contributed by atoms with van der Waals surface area (Å²) in [5.41, 5.74) is 1.92. The maximum absolute atomic E-state index is 13.8. The minimum atomic E-state index is -4.14. The maximum atomic E-state index is 13.8. The molecule has 1 N–H and O–H groups in total. The number of halogens is 2. The molecule has 0 saturated heterocycles. The van der Waals surface area contributed by atoms with E-state index < -0.39 is 28.5 Å². The number of nitrogens with zero attached hydrogens (tertiary/aromatic N) is 2. The molecule has 0 aliphatic rings. The van der Waals surface area contributed by atoms with Gasteiger partial charge in [-0.15, -0.1) is 0 Å². The Morgan fingerprint density at radius 1 is 0.946 bits per heavy atom. The Labute approximate surface area is 228 Å². The van der Waals surface area contributed by atoms with Gasteiger partial charge in [0, 0.05) is 23.6 Å². The van der Waals surface area contributed by atoms with Gasteiger partial charge in [0.15, 0.2) is 0 Å². The van der Waals surface area contributed by atoms with Crippen LogP contribution in [0.1, 0.15) is 24.5 Å². The molecule has 3 aromatic carbocycles. The number of likely N-dealkylation sites (N-methyl/N-ethyl adjacent to an activating group) is 1. The molecule has 2 amide bonds. The second-order valence-corrected chi connectivity index (χ2v) is 11.2. The van der Waals surface area contributed by atoms with E-state index in [-0.39, 0.29) is 17.3 Å². The summed E-state index contributed by atoms with van der Waals surface area (Å²) in [4.78, 5) is 27.9. The Hall–Kier alpha value is -3.07. The molecular weight excluding hydrogens is 533 g/mol. The third-order valence-electron chi connectivity index (χ3n) is 5.87. The molecule has 0 saturated carbocycles. The zero-order valence-corrected chi connectivity index (χ0v) is 23.1. The van der Waals surface area contributed by atoms with Crippen molar-refractivity contribution >= 4 is 50.7 Å². The van der Waals surface area contributed by atoms with Crippen LogP contribution in [0.5, 0.6) is 0 Å². The molecule has 0 heterocycles. The zero-order valence-electron chi connectivity index (χ0n) is 20.8. The molecule has 0 bridgehead atoms. The van der Waals surface area contributed by atoms with Gasteiger partial charge in [-0.3, -0.25) is 13.9 Å². The fraction of sp³-hybridized carbons (Fsp3) is 0.259. The van der Waals surface area contributed by atoms with Gasteiger partial charge in [-0.05, 0) is 73.0 Å². The van der Waals surface area contributed by atoms with Gasteiger partial charge in [-0.2, -0.15) is 0 Å². The van der Waals surface area contributed by atoms with E-state index >= 15 is 0 Å². The molecule has 0 radical (unpaired) electrons. The highest BCUT2D eigenvalue weighted by Gasteiger charge is 2.33. The van der Waals surface area contributed by atoms with Gasteiger partial charge in [0.1, 0.15) is 12.6 Å². The predicted molar refractivity (Wildman–Crippen MR) is 147 cm³/mol. The topological polar surface area (TPSA) is 86.8 Å². The van der Waals surface area contributed by atoms with Gasteiger partial charge in [-0.1, -0.05) is 54.4 Å². The fourth-order valence-corrected chi connectivity index (χ4v) is 5.58. The molecule has 0 aliphatic heterocycles. The maximum Gasteiger partial charge on any atom is 0.264 e. The van der Waals surface area contributed by atoms with Gasteiger partial charge < -0.3 is 10.2 Å². The average molecular weight is 563 g/mol. The highest BCUT2D eigenvalue weighted by molar-refractivity contribution is 7.92. The van der Waals surface area contributed by atoms with Crippen LogP contribution in [0.3, 0.4) is 0 Å². The van der Waals surface area contributed by atoms with Gasteiger partial charge in [0.2, 0.25) is 11.8 Å². The number of benzene rings is 3. The van der Waals surface area contributed by atoms with Crippen LogP contribution in [0.15, 0.2) is 77.7 Å². The minimum Gasteiger partial charge on any atom is -0.357 e. The van der Waals surface area contributed by atoms with Crippen molar-refractivity contribution in [1.82, 2.24) is 10.2 Å². The van der Waals surface area contributed by atoms with Crippen molar-refractivity contribution in [3.63, 3.8) is 0 Å². The molecule has 1 atom stereocenters. The molecule has 0 aliphatic carbocycles. The monoisotopic (exact) mass is 561 g/mol. The Morgan fingerprint density at radius 3 is 2.08 bits per heavy atom. The van der Waals surface area contributed by atoms with Crippen LogP contribution < -0.4 is 9.62 Å². The van der Waals surface area contributed by atoms with E-state index in [0.717, 1.165) is 15.4 Å². The quantitative estimate of drug-likeness (QED) is 0.375. The number of carbonyl (C=O) groups excluding carboxylic acids is 2. The summed E-state index contributed by atoms with van der Waals surface area (Å²) in [6, 6.07) is 18.8. The van der Waals surface area contributed by atoms with Crippen molar-refractivity contribution in [2.75, 3.05) is 17.9 Å². The molecule has 0 spiro atoms. The van der Waals surface area contributed by atoms with Gasteiger partial charge >= 0.3 is 0 Å². The zero-order chi connectivity index (χ0) is 27.2. The van der Waals surface area contributed by atoms with E-state index in [1.807, 2.05) is 13.0 Å². The lowest BCUT2D eigenvalue weighted by molar-refractivity contribution is -0.140. The largest absolute Gasteiger partial charge is 0.357 e. The number of hydrogen-bond donors (Lipinski definition) is 1. The number of aryl methyl sites for hydroxylation is 1. The van der Waals surface area contributed by atoms with Gasteiger partial charge in [0.25, 0.3) is 10.0 Å². The molecule has 10 heteroatoms. The highest BCUT2D eigenvalue weighted by atomic mass is 35.5. The number of sulfonamides is 1. The first-order chi connectivity index (χ1) is 17.6. The van der Waals surface area contributed by atoms with Crippen LogP contribution in [0.2, 0.25) is 10.0 Å². The number of rotatable bonds is 10. The summed E-state index contributed by atoms with van der Waals surface area (Å²) in [7, 11) is -2.64. The molecule has 196 valence electrons. The lowest BCUT2D eigenvalue weighted by Crippen LogP contribution is -2.51. The Morgan fingerprint density at radius 2 is 1.54 bits per heavy atom. The number of amides is 2. The first kappa shape index (κ1) is 28.5. The average Bonchev–Trinajstić information content (AvgIpc) is 2.88. The van der Waals surface area contributed by atoms with Crippen LogP contribution in [0.25, 0.3) is 0 Å². The second-order valence-electron chi connectivity index (χ2n) is 8.49. The smallest absolute Gasteiger partial charge is 0.264 e. The van der Waals surface area contributed by atoms with E-state index in [4.69, 9.17) is 23.2 Å². The normalized spacial score (nSPS) is 12.0. The third kappa shape index (κ3) is 7.03. The molecular formula is C27H29Cl2N3O4S. The van der Waals surface area contributed by atoms with E-state index in [1.165, 1.54) is 36.2 Å². The summed E-state index contributed by atoms with van der Waals surface area (Å²) in [5.74, 6) is -0.864. The van der Waals surface area contributed by atoms with E-state index in [9.17, 15) is 18.0 Å². The van der Waals surface area contributed by atoms with Crippen LogP contribution in [0, 0.1) is 6.92 Å². The van der Waals surface area contributed by atoms with E-state index in [1.54, 1.807) is 49.4 Å². The molecule has 3 aromatic rings. The number of anilines is 1.